The monoisotopic (exact) mass is 218 g/mol. The molecule has 82 valence electrons. The standard InChI is InChI=1S/C10H18O3S/c1-8(2)13-10(6-9(11)12)4-3-5-14-7-10/h8H,3-7H2,1-2H3,(H,11,12). The van der Waals surface area contributed by atoms with Gasteiger partial charge in [-0.2, -0.15) is 11.8 Å². The average Bonchev–Trinajstić information content (AvgIpc) is 2.01. The van der Waals surface area contributed by atoms with Crippen LogP contribution in [0.4, 0.5) is 0 Å². The number of carboxylic acids is 1. The van der Waals surface area contributed by atoms with E-state index >= 15 is 0 Å². The van der Waals surface area contributed by atoms with Gasteiger partial charge in [0.15, 0.2) is 0 Å². The van der Waals surface area contributed by atoms with Crippen LogP contribution in [0.15, 0.2) is 0 Å². The van der Waals surface area contributed by atoms with Gasteiger partial charge in [0.1, 0.15) is 0 Å². The summed E-state index contributed by atoms with van der Waals surface area (Å²) in [5, 5.41) is 8.85. The van der Waals surface area contributed by atoms with E-state index in [0.717, 1.165) is 24.3 Å². The molecule has 1 saturated heterocycles. The molecule has 0 radical (unpaired) electrons. The fourth-order valence-electron chi connectivity index (χ4n) is 1.88. The van der Waals surface area contributed by atoms with Gasteiger partial charge in [-0.1, -0.05) is 0 Å². The third kappa shape index (κ3) is 3.50. The highest BCUT2D eigenvalue weighted by molar-refractivity contribution is 7.99. The van der Waals surface area contributed by atoms with Crippen LogP contribution in [-0.4, -0.2) is 34.3 Å². The van der Waals surface area contributed by atoms with Crippen LogP contribution in [0.1, 0.15) is 33.1 Å². The summed E-state index contributed by atoms with van der Waals surface area (Å²) in [6, 6.07) is 0. The maximum Gasteiger partial charge on any atom is 0.306 e. The van der Waals surface area contributed by atoms with E-state index in [1.54, 1.807) is 11.8 Å². The van der Waals surface area contributed by atoms with Gasteiger partial charge in [-0.3, -0.25) is 4.79 Å². The Kier molecular flexibility index (Phi) is 4.26. The zero-order valence-corrected chi connectivity index (χ0v) is 9.60. The fraction of sp³-hybridized carbons (Fsp3) is 0.900. The maximum atomic E-state index is 10.8. The molecule has 4 heteroatoms. The molecular formula is C10H18O3S. The number of carboxylic acid groups (broad SMARTS) is 1. The second-order valence-corrected chi connectivity index (χ2v) is 5.18. The van der Waals surface area contributed by atoms with Crippen LogP contribution in [0, 0.1) is 0 Å². The number of carbonyl (C=O) groups is 1. The van der Waals surface area contributed by atoms with Crippen LogP contribution >= 0.6 is 11.8 Å². The van der Waals surface area contributed by atoms with E-state index in [1.165, 1.54) is 0 Å². The Morgan fingerprint density at radius 2 is 2.36 bits per heavy atom. The SMILES string of the molecule is CC(C)OC1(CC(=O)O)CCCSC1. The molecule has 1 aliphatic rings. The highest BCUT2D eigenvalue weighted by atomic mass is 32.2. The summed E-state index contributed by atoms with van der Waals surface area (Å²) in [5.41, 5.74) is -0.414. The topological polar surface area (TPSA) is 46.5 Å². The number of rotatable bonds is 4. The summed E-state index contributed by atoms with van der Waals surface area (Å²) in [6.07, 6.45) is 2.18. The molecule has 1 rings (SSSR count). The second kappa shape index (κ2) is 5.03. The number of thioether (sulfide) groups is 1. The molecule has 0 amide bonds. The van der Waals surface area contributed by atoms with Gasteiger partial charge < -0.3 is 9.84 Å². The second-order valence-electron chi connectivity index (χ2n) is 4.08. The van der Waals surface area contributed by atoms with Crippen molar-refractivity contribution in [1.29, 1.82) is 0 Å². The molecule has 0 aromatic heterocycles. The van der Waals surface area contributed by atoms with E-state index in [9.17, 15) is 4.79 Å². The van der Waals surface area contributed by atoms with Gasteiger partial charge in [-0.05, 0) is 32.4 Å². The largest absolute Gasteiger partial charge is 0.481 e. The molecule has 0 aromatic carbocycles. The van der Waals surface area contributed by atoms with Crippen LogP contribution in [-0.2, 0) is 9.53 Å². The van der Waals surface area contributed by atoms with Gasteiger partial charge in [0.2, 0.25) is 0 Å². The Hall–Kier alpha value is -0.220. The lowest BCUT2D eigenvalue weighted by Gasteiger charge is -2.37. The lowest BCUT2D eigenvalue weighted by molar-refractivity contribution is -0.147. The third-order valence-corrected chi connectivity index (χ3v) is 3.55. The molecule has 1 aliphatic heterocycles. The first-order valence-electron chi connectivity index (χ1n) is 5.01. The fourth-order valence-corrected chi connectivity index (χ4v) is 3.06. The number of hydrogen-bond acceptors (Lipinski definition) is 3. The number of ether oxygens (including phenoxy) is 1. The minimum Gasteiger partial charge on any atom is -0.481 e. The summed E-state index contributed by atoms with van der Waals surface area (Å²) >= 11 is 1.80. The molecule has 1 unspecified atom stereocenters. The van der Waals surface area contributed by atoms with Gasteiger partial charge in [0.05, 0.1) is 18.1 Å². The first-order valence-corrected chi connectivity index (χ1v) is 6.17. The van der Waals surface area contributed by atoms with Gasteiger partial charge in [-0.15, -0.1) is 0 Å². The Labute approximate surface area is 89.2 Å². The van der Waals surface area contributed by atoms with Crippen LogP contribution in [0.25, 0.3) is 0 Å². The van der Waals surface area contributed by atoms with Crippen molar-refractivity contribution in [3.8, 4) is 0 Å². The van der Waals surface area contributed by atoms with Crippen molar-refractivity contribution < 1.29 is 14.6 Å². The van der Waals surface area contributed by atoms with E-state index in [-0.39, 0.29) is 12.5 Å². The van der Waals surface area contributed by atoms with Crippen molar-refractivity contribution in [3.63, 3.8) is 0 Å². The molecule has 0 saturated carbocycles. The van der Waals surface area contributed by atoms with Gasteiger partial charge in [-0.25, -0.2) is 0 Å². The molecule has 1 fully saturated rings. The molecule has 0 bridgehead atoms. The molecule has 0 aromatic rings. The van der Waals surface area contributed by atoms with E-state index in [2.05, 4.69) is 0 Å². The molecule has 14 heavy (non-hydrogen) atoms. The minimum absolute atomic E-state index is 0.105. The maximum absolute atomic E-state index is 10.8. The zero-order valence-electron chi connectivity index (χ0n) is 8.78. The van der Waals surface area contributed by atoms with Crippen molar-refractivity contribution in [2.24, 2.45) is 0 Å². The van der Waals surface area contributed by atoms with Crippen molar-refractivity contribution >= 4 is 17.7 Å². The number of hydrogen-bond donors (Lipinski definition) is 1. The Morgan fingerprint density at radius 1 is 1.64 bits per heavy atom. The normalized spacial score (nSPS) is 27.9. The molecule has 1 heterocycles. The molecule has 3 nitrogen and oxygen atoms in total. The summed E-state index contributed by atoms with van der Waals surface area (Å²) in [5.74, 6) is 1.19. The summed E-state index contributed by atoms with van der Waals surface area (Å²) in [6.45, 7) is 3.92. The van der Waals surface area contributed by atoms with Crippen LogP contribution in [0.5, 0.6) is 0 Å². The van der Waals surface area contributed by atoms with E-state index in [1.807, 2.05) is 13.8 Å². The lowest BCUT2D eigenvalue weighted by Crippen LogP contribution is -2.42. The van der Waals surface area contributed by atoms with E-state index < -0.39 is 11.6 Å². The van der Waals surface area contributed by atoms with Crippen molar-refractivity contribution in [2.75, 3.05) is 11.5 Å². The Balaban J connectivity index is 2.61. The lowest BCUT2D eigenvalue weighted by atomic mass is 9.95. The number of aliphatic carboxylic acids is 1. The molecule has 1 atom stereocenters. The zero-order chi connectivity index (χ0) is 10.6. The minimum atomic E-state index is -0.756. The predicted octanol–water partition coefficient (Wildman–Crippen LogP) is 2.15. The van der Waals surface area contributed by atoms with Gasteiger partial charge in [0.25, 0.3) is 0 Å². The summed E-state index contributed by atoms with van der Waals surface area (Å²) in [7, 11) is 0. The highest BCUT2D eigenvalue weighted by Gasteiger charge is 2.36. The Bertz CT molecular complexity index is 198. The van der Waals surface area contributed by atoms with Gasteiger partial charge in [0, 0.05) is 5.75 Å². The molecular weight excluding hydrogens is 200 g/mol. The first-order chi connectivity index (χ1) is 6.54. The van der Waals surface area contributed by atoms with Crippen LogP contribution < -0.4 is 0 Å². The van der Waals surface area contributed by atoms with Crippen molar-refractivity contribution in [3.05, 3.63) is 0 Å². The average molecular weight is 218 g/mol. The molecule has 1 N–H and O–H groups in total. The van der Waals surface area contributed by atoms with Gasteiger partial charge >= 0.3 is 5.97 Å². The highest BCUT2D eigenvalue weighted by Crippen LogP contribution is 2.33. The Morgan fingerprint density at radius 3 is 2.79 bits per heavy atom. The predicted molar refractivity (Wildman–Crippen MR) is 57.8 cm³/mol. The van der Waals surface area contributed by atoms with Crippen molar-refractivity contribution in [1.82, 2.24) is 0 Å². The molecule has 0 spiro atoms. The van der Waals surface area contributed by atoms with E-state index in [0.29, 0.717) is 0 Å². The van der Waals surface area contributed by atoms with E-state index in [4.69, 9.17) is 9.84 Å². The van der Waals surface area contributed by atoms with Crippen molar-refractivity contribution in [2.45, 2.75) is 44.8 Å². The molecule has 0 aliphatic carbocycles. The first kappa shape index (κ1) is 11.9. The third-order valence-electron chi connectivity index (χ3n) is 2.25. The smallest absolute Gasteiger partial charge is 0.306 e. The van der Waals surface area contributed by atoms with Crippen LogP contribution in [0.2, 0.25) is 0 Å². The summed E-state index contributed by atoms with van der Waals surface area (Å²) in [4.78, 5) is 10.8. The quantitative estimate of drug-likeness (QED) is 0.785. The summed E-state index contributed by atoms with van der Waals surface area (Å²) < 4.78 is 5.79. The van der Waals surface area contributed by atoms with Crippen LogP contribution in [0.3, 0.4) is 0 Å².